The number of phenols is 1. The molecule has 2 atom stereocenters. The van der Waals surface area contributed by atoms with Crippen molar-refractivity contribution in [2.24, 2.45) is 5.73 Å². The standard InChI is InChI=1S/C11H16FNO/c1-7(6-13)9-3-4-11(14)10(5-9)8(2)12/h3-5,7-8,14H,6,13H2,1-2H3. The Labute approximate surface area is 83.6 Å². The maximum Gasteiger partial charge on any atom is 0.126 e. The molecule has 2 unspecified atom stereocenters. The summed E-state index contributed by atoms with van der Waals surface area (Å²) in [4.78, 5) is 0. The van der Waals surface area contributed by atoms with Gasteiger partial charge in [-0.1, -0.05) is 13.0 Å². The minimum absolute atomic E-state index is 0.00738. The van der Waals surface area contributed by atoms with E-state index in [0.717, 1.165) is 5.56 Å². The van der Waals surface area contributed by atoms with Gasteiger partial charge < -0.3 is 10.8 Å². The predicted molar refractivity (Wildman–Crippen MR) is 55.1 cm³/mol. The molecular weight excluding hydrogens is 181 g/mol. The van der Waals surface area contributed by atoms with E-state index in [1.165, 1.54) is 13.0 Å². The molecule has 0 fully saturated rings. The van der Waals surface area contributed by atoms with Crippen molar-refractivity contribution in [3.05, 3.63) is 29.3 Å². The van der Waals surface area contributed by atoms with Crippen LogP contribution in [0.1, 0.15) is 37.1 Å². The van der Waals surface area contributed by atoms with Crippen LogP contribution in [0.5, 0.6) is 5.75 Å². The van der Waals surface area contributed by atoms with Crippen molar-refractivity contribution in [2.75, 3.05) is 6.54 Å². The molecule has 3 heteroatoms. The SMILES string of the molecule is CC(F)c1cc(C(C)CN)ccc1O. The van der Waals surface area contributed by atoms with Gasteiger partial charge in [-0.15, -0.1) is 0 Å². The minimum Gasteiger partial charge on any atom is -0.508 e. The van der Waals surface area contributed by atoms with E-state index in [2.05, 4.69) is 0 Å². The van der Waals surface area contributed by atoms with Crippen molar-refractivity contribution in [1.82, 2.24) is 0 Å². The Bertz CT molecular complexity index is 312. The van der Waals surface area contributed by atoms with Gasteiger partial charge in [-0.05, 0) is 37.1 Å². The first-order valence-corrected chi connectivity index (χ1v) is 4.73. The summed E-state index contributed by atoms with van der Waals surface area (Å²) in [7, 11) is 0. The third kappa shape index (κ3) is 2.23. The second-order valence-electron chi connectivity index (χ2n) is 3.57. The molecule has 14 heavy (non-hydrogen) atoms. The molecule has 0 amide bonds. The Morgan fingerprint density at radius 2 is 2.07 bits per heavy atom. The molecule has 0 aliphatic carbocycles. The lowest BCUT2D eigenvalue weighted by molar-refractivity contribution is 0.356. The van der Waals surface area contributed by atoms with Gasteiger partial charge in [0.1, 0.15) is 11.9 Å². The lowest BCUT2D eigenvalue weighted by atomic mass is 9.97. The van der Waals surface area contributed by atoms with Crippen LogP contribution in [-0.4, -0.2) is 11.7 Å². The van der Waals surface area contributed by atoms with Gasteiger partial charge >= 0.3 is 0 Å². The summed E-state index contributed by atoms with van der Waals surface area (Å²) in [6, 6.07) is 4.98. The van der Waals surface area contributed by atoms with Gasteiger partial charge in [0.2, 0.25) is 0 Å². The summed E-state index contributed by atoms with van der Waals surface area (Å²) in [5, 5.41) is 9.39. The number of hydrogen-bond donors (Lipinski definition) is 2. The van der Waals surface area contributed by atoms with Crippen LogP contribution < -0.4 is 5.73 Å². The highest BCUT2D eigenvalue weighted by atomic mass is 19.1. The van der Waals surface area contributed by atoms with Crippen LogP contribution in [0.3, 0.4) is 0 Å². The maximum atomic E-state index is 13.1. The molecule has 0 aliphatic heterocycles. The molecule has 0 radical (unpaired) electrons. The Kier molecular flexibility index (Phi) is 3.47. The first-order chi connectivity index (χ1) is 6.56. The monoisotopic (exact) mass is 197 g/mol. The molecule has 2 nitrogen and oxygen atoms in total. The second kappa shape index (κ2) is 4.42. The number of nitrogens with two attached hydrogens (primary N) is 1. The van der Waals surface area contributed by atoms with Gasteiger partial charge in [0.15, 0.2) is 0 Å². The number of rotatable bonds is 3. The molecular formula is C11H16FNO. The Balaban J connectivity index is 3.06. The normalized spacial score (nSPS) is 15.1. The molecule has 1 aromatic carbocycles. The van der Waals surface area contributed by atoms with Crippen LogP contribution in [0.15, 0.2) is 18.2 Å². The van der Waals surface area contributed by atoms with Crippen molar-refractivity contribution in [3.8, 4) is 5.75 Å². The van der Waals surface area contributed by atoms with Crippen LogP contribution in [0, 0.1) is 0 Å². The first kappa shape index (κ1) is 11.0. The van der Waals surface area contributed by atoms with Gasteiger partial charge in [0.25, 0.3) is 0 Å². The highest BCUT2D eigenvalue weighted by Gasteiger charge is 2.11. The van der Waals surface area contributed by atoms with Crippen LogP contribution in [0.25, 0.3) is 0 Å². The van der Waals surface area contributed by atoms with E-state index in [0.29, 0.717) is 12.1 Å². The zero-order chi connectivity index (χ0) is 10.7. The van der Waals surface area contributed by atoms with E-state index in [9.17, 15) is 9.50 Å². The molecule has 0 aromatic heterocycles. The smallest absolute Gasteiger partial charge is 0.126 e. The molecule has 0 bridgehead atoms. The van der Waals surface area contributed by atoms with Crippen LogP contribution in [0.2, 0.25) is 0 Å². The fourth-order valence-corrected chi connectivity index (χ4v) is 1.33. The van der Waals surface area contributed by atoms with Gasteiger partial charge in [-0.2, -0.15) is 0 Å². The van der Waals surface area contributed by atoms with Gasteiger partial charge in [0.05, 0.1) is 0 Å². The minimum atomic E-state index is -1.15. The fourth-order valence-electron chi connectivity index (χ4n) is 1.33. The molecule has 0 spiro atoms. The molecule has 1 rings (SSSR count). The Morgan fingerprint density at radius 3 is 2.57 bits per heavy atom. The summed E-state index contributed by atoms with van der Waals surface area (Å²) in [5.41, 5.74) is 6.81. The molecule has 0 aliphatic rings. The zero-order valence-electron chi connectivity index (χ0n) is 8.50. The quantitative estimate of drug-likeness (QED) is 0.782. The van der Waals surface area contributed by atoms with E-state index in [-0.39, 0.29) is 11.7 Å². The van der Waals surface area contributed by atoms with E-state index < -0.39 is 6.17 Å². The average molecular weight is 197 g/mol. The third-order valence-corrected chi connectivity index (χ3v) is 2.40. The second-order valence-corrected chi connectivity index (χ2v) is 3.57. The molecule has 78 valence electrons. The van der Waals surface area contributed by atoms with Crippen LogP contribution >= 0.6 is 0 Å². The topological polar surface area (TPSA) is 46.2 Å². The van der Waals surface area contributed by atoms with Gasteiger partial charge in [0, 0.05) is 5.56 Å². The zero-order valence-corrected chi connectivity index (χ0v) is 8.50. The summed E-state index contributed by atoms with van der Waals surface area (Å²) >= 11 is 0. The summed E-state index contributed by atoms with van der Waals surface area (Å²) in [5.74, 6) is 0.195. The average Bonchev–Trinajstić information content (AvgIpc) is 2.17. The first-order valence-electron chi connectivity index (χ1n) is 4.73. The van der Waals surface area contributed by atoms with Crippen LogP contribution in [-0.2, 0) is 0 Å². The Morgan fingerprint density at radius 1 is 1.43 bits per heavy atom. The number of alkyl halides is 1. The highest BCUT2D eigenvalue weighted by molar-refractivity contribution is 5.38. The van der Waals surface area contributed by atoms with Crippen molar-refractivity contribution < 1.29 is 9.50 Å². The fraction of sp³-hybridized carbons (Fsp3) is 0.455. The molecule has 0 heterocycles. The van der Waals surface area contributed by atoms with Crippen LogP contribution in [0.4, 0.5) is 4.39 Å². The largest absolute Gasteiger partial charge is 0.508 e. The number of hydrogen-bond acceptors (Lipinski definition) is 2. The number of phenolic OH excluding ortho intramolecular Hbond substituents is 1. The molecule has 3 N–H and O–H groups in total. The van der Waals surface area contributed by atoms with Crippen molar-refractivity contribution in [2.45, 2.75) is 25.9 Å². The number of benzene rings is 1. The van der Waals surface area contributed by atoms with E-state index in [1.54, 1.807) is 12.1 Å². The highest BCUT2D eigenvalue weighted by Crippen LogP contribution is 2.29. The Hall–Kier alpha value is -1.09. The molecule has 1 aromatic rings. The van der Waals surface area contributed by atoms with E-state index in [1.807, 2.05) is 6.92 Å². The maximum absolute atomic E-state index is 13.1. The number of aromatic hydroxyl groups is 1. The lowest BCUT2D eigenvalue weighted by Crippen LogP contribution is -2.09. The van der Waals surface area contributed by atoms with E-state index in [4.69, 9.17) is 5.73 Å². The molecule has 0 saturated heterocycles. The number of halogens is 1. The van der Waals surface area contributed by atoms with Crippen molar-refractivity contribution in [3.63, 3.8) is 0 Å². The van der Waals surface area contributed by atoms with Crippen molar-refractivity contribution >= 4 is 0 Å². The van der Waals surface area contributed by atoms with E-state index >= 15 is 0 Å². The van der Waals surface area contributed by atoms with Gasteiger partial charge in [-0.3, -0.25) is 0 Å². The predicted octanol–water partition coefficient (Wildman–Crippen LogP) is 2.48. The summed E-state index contributed by atoms with van der Waals surface area (Å²) in [6.45, 7) is 3.90. The molecule has 0 saturated carbocycles. The summed E-state index contributed by atoms with van der Waals surface area (Å²) < 4.78 is 13.1. The van der Waals surface area contributed by atoms with Gasteiger partial charge in [-0.25, -0.2) is 4.39 Å². The lowest BCUT2D eigenvalue weighted by Gasteiger charge is -2.12. The van der Waals surface area contributed by atoms with Crippen molar-refractivity contribution in [1.29, 1.82) is 0 Å². The summed E-state index contributed by atoms with van der Waals surface area (Å²) in [6.07, 6.45) is -1.15. The third-order valence-electron chi connectivity index (χ3n) is 2.40.